The maximum absolute atomic E-state index is 13.4. The lowest BCUT2D eigenvalue weighted by Gasteiger charge is -2.21. The summed E-state index contributed by atoms with van der Waals surface area (Å²) in [4.78, 5) is 26.3. The Hall–Kier alpha value is -3.19. The van der Waals surface area contributed by atoms with Gasteiger partial charge in [-0.3, -0.25) is 9.59 Å². The van der Waals surface area contributed by atoms with Crippen molar-refractivity contribution < 1.29 is 14.0 Å². The summed E-state index contributed by atoms with van der Waals surface area (Å²) in [5.74, 6) is -0.775. The second-order valence-corrected chi connectivity index (χ2v) is 7.29. The predicted octanol–water partition coefficient (Wildman–Crippen LogP) is 4.48. The van der Waals surface area contributed by atoms with Gasteiger partial charge in [-0.15, -0.1) is 11.6 Å². The van der Waals surface area contributed by atoms with E-state index in [0.29, 0.717) is 23.7 Å². The van der Waals surface area contributed by atoms with Crippen LogP contribution < -0.4 is 5.32 Å². The third-order valence-electron chi connectivity index (χ3n) is 4.70. The van der Waals surface area contributed by atoms with Gasteiger partial charge in [0.25, 0.3) is 0 Å². The second-order valence-electron chi connectivity index (χ2n) is 7.02. The van der Waals surface area contributed by atoms with Crippen LogP contribution in [0.5, 0.6) is 0 Å². The molecule has 3 rings (SSSR count). The second kappa shape index (κ2) is 10.7. The van der Waals surface area contributed by atoms with Crippen molar-refractivity contribution in [2.24, 2.45) is 0 Å². The van der Waals surface area contributed by atoms with Crippen LogP contribution in [0, 0.1) is 5.82 Å². The Kier molecular flexibility index (Phi) is 7.78. The monoisotopic (exact) mass is 442 g/mol. The molecule has 1 heterocycles. The number of nitrogens with zero attached hydrogens (tertiary/aromatic N) is 3. The van der Waals surface area contributed by atoms with E-state index in [2.05, 4.69) is 10.4 Å². The number of benzene rings is 2. The zero-order valence-electron chi connectivity index (χ0n) is 17.2. The molecular formula is C23H24ClFN4O2. The van der Waals surface area contributed by atoms with E-state index in [1.807, 2.05) is 37.3 Å². The third-order valence-corrected chi connectivity index (χ3v) is 4.93. The summed E-state index contributed by atoms with van der Waals surface area (Å²) in [7, 11) is 0. The molecule has 0 aliphatic rings. The van der Waals surface area contributed by atoms with Gasteiger partial charge in [-0.2, -0.15) is 5.10 Å². The lowest BCUT2D eigenvalue weighted by molar-refractivity contribution is -0.132. The Morgan fingerprint density at radius 1 is 1.13 bits per heavy atom. The molecule has 0 radical (unpaired) electrons. The van der Waals surface area contributed by atoms with Crippen molar-refractivity contribution in [2.75, 3.05) is 24.3 Å². The molecule has 3 aromatic rings. The molecule has 0 spiro atoms. The minimum absolute atomic E-state index is 0.110. The van der Waals surface area contributed by atoms with E-state index < -0.39 is 0 Å². The molecule has 0 aliphatic carbocycles. The van der Waals surface area contributed by atoms with Crippen molar-refractivity contribution in [3.05, 3.63) is 66.5 Å². The lowest BCUT2D eigenvalue weighted by atomic mass is 10.1. The number of rotatable bonds is 9. The molecule has 1 aromatic heterocycles. The number of anilines is 1. The summed E-state index contributed by atoms with van der Waals surface area (Å²) in [5, 5.41) is 7.42. The van der Waals surface area contributed by atoms with Gasteiger partial charge in [0.15, 0.2) is 0 Å². The summed E-state index contributed by atoms with van der Waals surface area (Å²) >= 11 is 5.69. The van der Waals surface area contributed by atoms with Crippen LogP contribution in [-0.4, -0.2) is 45.5 Å². The van der Waals surface area contributed by atoms with Crippen LogP contribution in [0.3, 0.4) is 0 Å². The molecule has 0 unspecified atom stereocenters. The molecule has 0 atom stereocenters. The first-order chi connectivity index (χ1) is 15.0. The Bertz CT molecular complexity index is 1020. The fourth-order valence-electron chi connectivity index (χ4n) is 3.08. The van der Waals surface area contributed by atoms with Gasteiger partial charge < -0.3 is 10.2 Å². The molecule has 31 heavy (non-hydrogen) atoms. The first kappa shape index (κ1) is 22.5. The van der Waals surface area contributed by atoms with E-state index in [1.165, 1.54) is 17.0 Å². The van der Waals surface area contributed by atoms with E-state index in [-0.39, 0.29) is 30.1 Å². The average Bonchev–Trinajstić information content (AvgIpc) is 3.20. The van der Waals surface area contributed by atoms with Gasteiger partial charge in [-0.25, -0.2) is 9.07 Å². The topological polar surface area (TPSA) is 67.2 Å². The molecule has 6 nitrogen and oxygen atoms in total. The molecule has 0 saturated carbocycles. The Balaban J connectivity index is 1.88. The summed E-state index contributed by atoms with van der Waals surface area (Å²) in [6.07, 6.45) is 1.67. The highest BCUT2D eigenvalue weighted by molar-refractivity contribution is 6.27. The zero-order chi connectivity index (χ0) is 22.2. The van der Waals surface area contributed by atoms with Gasteiger partial charge in [0.1, 0.15) is 17.5 Å². The van der Waals surface area contributed by atoms with Gasteiger partial charge in [0, 0.05) is 18.2 Å². The molecule has 162 valence electrons. The Morgan fingerprint density at radius 3 is 2.48 bits per heavy atom. The number of hydrogen-bond acceptors (Lipinski definition) is 3. The van der Waals surface area contributed by atoms with Crippen LogP contribution in [0.25, 0.3) is 16.9 Å². The highest BCUT2D eigenvalue weighted by atomic mass is 35.5. The molecule has 0 fully saturated rings. The summed E-state index contributed by atoms with van der Waals surface area (Å²) in [6, 6.07) is 17.1. The van der Waals surface area contributed by atoms with Crippen LogP contribution >= 0.6 is 11.6 Å². The summed E-state index contributed by atoms with van der Waals surface area (Å²) in [6.45, 7) is 2.36. The van der Waals surface area contributed by atoms with E-state index in [0.717, 1.165) is 18.4 Å². The van der Waals surface area contributed by atoms with Crippen molar-refractivity contribution in [2.45, 2.75) is 19.8 Å². The normalized spacial score (nSPS) is 10.7. The highest BCUT2D eigenvalue weighted by Crippen LogP contribution is 2.25. The van der Waals surface area contributed by atoms with E-state index in [1.54, 1.807) is 22.9 Å². The van der Waals surface area contributed by atoms with Gasteiger partial charge in [0.2, 0.25) is 11.8 Å². The quantitative estimate of drug-likeness (QED) is 0.497. The van der Waals surface area contributed by atoms with E-state index in [9.17, 15) is 14.0 Å². The van der Waals surface area contributed by atoms with Crippen molar-refractivity contribution in [3.8, 4) is 16.9 Å². The van der Waals surface area contributed by atoms with Crippen molar-refractivity contribution >= 4 is 29.2 Å². The Morgan fingerprint density at radius 2 is 1.84 bits per heavy atom. The summed E-state index contributed by atoms with van der Waals surface area (Å²) in [5.41, 5.74) is 2.12. The maximum Gasteiger partial charge on any atom is 0.245 e. The van der Waals surface area contributed by atoms with Crippen LogP contribution in [0.2, 0.25) is 0 Å². The lowest BCUT2D eigenvalue weighted by Crippen LogP contribution is -2.39. The third kappa shape index (κ3) is 5.92. The zero-order valence-corrected chi connectivity index (χ0v) is 18.0. The molecule has 8 heteroatoms. The number of carbonyl (C=O) groups excluding carboxylic acids is 2. The number of halogens is 2. The standard InChI is InChI=1S/C23H24ClFN4O2/c1-2-3-13-28(23(31)15-24)16-22(30)26-21-14-20(17-7-5-4-6-8-17)27-29(21)19-11-9-18(25)10-12-19/h4-12,14H,2-3,13,15-16H2,1H3,(H,26,30). The minimum Gasteiger partial charge on any atom is -0.332 e. The average molecular weight is 443 g/mol. The van der Waals surface area contributed by atoms with Crippen LogP contribution in [0.1, 0.15) is 19.8 Å². The highest BCUT2D eigenvalue weighted by Gasteiger charge is 2.18. The number of hydrogen-bond donors (Lipinski definition) is 1. The number of aromatic nitrogens is 2. The van der Waals surface area contributed by atoms with Gasteiger partial charge in [-0.05, 0) is 30.7 Å². The van der Waals surface area contributed by atoms with Crippen molar-refractivity contribution in [1.29, 1.82) is 0 Å². The minimum atomic E-state index is -0.365. The van der Waals surface area contributed by atoms with Gasteiger partial charge in [-0.1, -0.05) is 43.7 Å². The predicted molar refractivity (Wildman–Crippen MR) is 120 cm³/mol. The number of carbonyl (C=O) groups is 2. The first-order valence-electron chi connectivity index (χ1n) is 10.1. The molecule has 0 bridgehead atoms. The number of unbranched alkanes of at least 4 members (excludes halogenated alkanes) is 1. The molecule has 0 saturated heterocycles. The number of alkyl halides is 1. The smallest absolute Gasteiger partial charge is 0.245 e. The molecule has 2 aromatic carbocycles. The molecule has 1 N–H and O–H groups in total. The Labute approximate surface area is 185 Å². The fourth-order valence-corrected chi connectivity index (χ4v) is 3.25. The maximum atomic E-state index is 13.4. The van der Waals surface area contributed by atoms with Crippen LogP contribution in [0.4, 0.5) is 10.2 Å². The fraction of sp³-hybridized carbons (Fsp3) is 0.261. The van der Waals surface area contributed by atoms with Crippen molar-refractivity contribution in [3.63, 3.8) is 0 Å². The number of nitrogens with one attached hydrogen (secondary N) is 1. The van der Waals surface area contributed by atoms with Gasteiger partial charge >= 0.3 is 0 Å². The van der Waals surface area contributed by atoms with E-state index >= 15 is 0 Å². The number of amides is 2. The van der Waals surface area contributed by atoms with Crippen LogP contribution in [-0.2, 0) is 9.59 Å². The van der Waals surface area contributed by atoms with Crippen molar-refractivity contribution in [1.82, 2.24) is 14.7 Å². The molecule has 2 amide bonds. The molecule has 0 aliphatic heterocycles. The van der Waals surface area contributed by atoms with E-state index in [4.69, 9.17) is 11.6 Å². The van der Waals surface area contributed by atoms with Gasteiger partial charge in [0.05, 0.1) is 17.9 Å². The largest absolute Gasteiger partial charge is 0.332 e. The summed E-state index contributed by atoms with van der Waals surface area (Å²) < 4.78 is 14.9. The first-order valence-corrected chi connectivity index (χ1v) is 10.6. The molecular weight excluding hydrogens is 419 g/mol. The van der Waals surface area contributed by atoms with Crippen LogP contribution in [0.15, 0.2) is 60.7 Å². The SMILES string of the molecule is CCCCN(CC(=O)Nc1cc(-c2ccccc2)nn1-c1ccc(F)cc1)C(=O)CCl.